The molecular weight excluding hydrogens is 270 g/mol. The Balaban J connectivity index is 2.11. The number of esters is 1. The highest BCUT2D eigenvalue weighted by atomic mass is 35.5. The normalized spacial score (nSPS) is 9.95. The SMILES string of the molecule is O=C(Oc1ccc(Cl)cc1)c1ccc([N+](=O)[O-])cc1. The van der Waals surface area contributed by atoms with Gasteiger partial charge in [0.15, 0.2) is 0 Å². The zero-order valence-electron chi connectivity index (χ0n) is 9.58. The van der Waals surface area contributed by atoms with Gasteiger partial charge < -0.3 is 4.74 Å². The molecule has 0 atom stereocenters. The summed E-state index contributed by atoms with van der Waals surface area (Å²) in [5.41, 5.74) is 0.156. The van der Waals surface area contributed by atoms with Gasteiger partial charge in [-0.2, -0.15) is 0 Å². The number of non-ortho nitro benzene ring substituents is 1. The maximum absolute atomic E-state index is 11.8. The molecule has 2 aromatic carbocycles. The highest BCUT2D eigenvalue weighted by Crippen LogP contribution is 2.18. The average Bonchev–Trinajstić information content (AvgIpc) is 2.41. The van der Waals surface area contributed by atoms with E-state index in [1.807, 2.05) is 0 Å². The number of carbonyl (C=O) groups is 1. The third-order valence-corrected chi connectivity index (χ3v) is 2.59. The molecular formula is C13H8ClNO4. The van der Waals surface area contributed by atoms with Crippen LogP contribution in [0.15, 0.2) is 48.5 Å². The number of nitrogens with zero attached hydrogens (tertiary/aromatic N) is 1. The maximum atomic E-state index is 11.8. The van der Waals surface area contributed by atoms with E-state index < -0.39 is 10.9 Å². The number of hydrogen-bond acceptors (Lipinski definition) is 4. The molecule has 0 saturated carbocycles. The van der Waals surface area contributed by atoms with Crippen LogP contribution >= 0.6 is 11.6 Å². The molecule has 0 amide bonds. The molecule has 19 heavy (non-hydrogen) atoms. The van der Waals surface area contributed by atoms with E-state index >= 15 is 0 Å². The van der Waals surface area contributed by atoms with Crippen LogP contribution in [0.25, 0.3) is 0 Å². The summed E-state index contributed by atoms with van der Waals surface area (Å²) in [5, 5.41) is 11.0. The van der Waals surface area contributed by atoms with Crippen molar-refractivity contribution in [3.63, 3.8) is 0 Å². The van der Waals surface area contributed by atoms with Crippen molar-refractivity contribution in [3.8, 4) is 5.75 Å². The van der Waals surface area contributed by atoms with Gasteiger partial charge in [0.2, 0.25) is 0 Å². The number of ether oxygens (including phenoxy) is 1. The van der Waals surface area contributed by atoms with Gasteiger partial charge in [-0.1, -0.05) is 11.6 Å². The summed E-state index contributed by atoms with van der Waals surface area (Å²) < 4.78 is 5.09. The lowest BCUT2D eigenvalue weighted by Crippen LogP contribution is -2.08. The number of benzene rings is 2. The molecule has 0 aliphatic carbocycles. The first-order valence-corrected chi connectivity index (χ1v) is 5.66. The van der Waals surface area contributed by atoms with Crippen LogP contribution in [0.4, 0.5) is 5.69 Å². The van der Waals surface area contributed by atoms with Gasteiger partial charge in [-0.25, -0.2) is 4.79 Å². The van der Waals surface area contributed by atoms with Crippen molar-refractivity contribution in [2.75, 3.05) is 0 Å². The number of nitro groups is 1. The molecule has 0 radical (unpaired) electrons. The Morgan fingerprint density at radius 2 is 1.63 bits per heavy atom. The number of hydrogen-bond donors (Lipinski definition) is 0. The minimum Gasteiger partial charge on any atom is -0.423 e. The second-order valence-corrected chi connectivity index (χ2v) is 4.08. The Hall–Kier alpha value is -2.40. The zero-order chi connectivity index (χ0) is 13.8. The van der Waals surface area contributed by atoms with E-state index in [9.17, 15) is 14.9 Å². The molecule has 96 valence electrons. The molecule has 6 heteroatoms. The lowest BCUT2D eigenvalue weighted by atomic mass is 10.2. The fourth-order valence-electron chi connectivity index (χ4n) is 1.39. The molecule has 0 spiro atoms. The van der Waals surface area contributed by atoms with Gasteiger partial charge in [-0.15, -0.1) is 0 Å². The van der Waals surface area contributed by atoms with Crippen LogP contribution in [0.5, 0.6) is 5.75 Å². The predicted molar refractivity (Wildman–Crippen MR) is 69.5 cm³/mol. The monoisotopic (exact) mass is 277 g/mol. The molecule has 2 aromatic rings. The minimum absolute atomic E-state index is 0.0805. The molecule has 0 aromatic heterocycles. The van der Waals surface area contributed by atoms with E-state index in [2.05, 4.69) is 0 Å². The fourth-order valence-corrected chi connectivity index (χ4v) is 1.51. The van der Waals surface area contributed by atoms with E-state index in [4.69, 9.17) is 16.3 Å². The molecule has 0 aliphatic rings. The van der Waals surface area contributed by atoms with Gasteiger partial charge in [0.05, 0.1) is 10.5 Å². The Kier molecular flexibility index (Phi) is 3.77. The molecule has 0 heterocycles. The van der Waals surface area contributed by atoms with Crippen LogP contribution in [-0.2, 0) is 0 Å². The first-order valence-electron chi connectivity index (χ1n) is 5.28. The number of halogens is 1. The highest BCUT2D eigenvalue weighted by molar-refractivity contribution is 6.30. The van der Waals surface area contributed by atoms with Crippen molar-refractivity contribution in [2.24, 2.45) is 0 Å². The lowest BCUT2D eigenvalue weighted by Gasteiger charge is -2.04. The van der Waals surface area contributed by atoms with Gasteiger partial charge in [-0.3, -0.25) is 10.1 Å². The quantitative estimate of drug-likeness (QED) is 0.373. The molecule has 0 N–H and O–H groups in total. The largest absolute Gasteiger partial charge is 0.423 e. The summed E-state index contributed by atoms with van der Waals surface area (Å²) in [6, 6.07) is 11.5. The molecule has 0 fully saturated rings. The fraction of sp³-hybridized carbons (Fsp3) is 0. The van der Waals surface area contributed by atoms with E-state index in [1.165, 1.54) is 24.3 Å². The van der Waals surface area contributed by atoms with Crippen molar-refractivity contribution >= 4 is 23.3 Å². The first-order chi connectivity index (χ1) is 9.06. The second-order valence-electron chi connectivity index (χ2n) is 3.65. The Morgan fingerprint density at radius 1 is 1.05 bits per heavy atom. The summed E-state index contributed by atoms with van der Waals surface area (Å²) in [5.74, 6) is -0.232. The van der Waals surface area contributed by atoms with Gasteiger partial charge in [0, 0.05) is 17.2 Å². The molecule has 0 saturated heterocycles. The molecule has 0 bridgehead atoms. The van der Waals surface area contributed by atoms with Crippen molar-refractivity contribution in [1.29, 1.82) is 0 Å². The van der Waals surface area contributed by atoms with Gasteiger partial charge in [-0.05, 0) is 36.4 Å². The summed E-state index contributed by atoms with van der Waals surface area (Å²) >= 11 is 5.71. The van der Waals surface area contributed by atoms with Crippen LogP contribution in [0.1, 0.15) is 10.4 Å². The van der Waals surface area contributed by atoms with E-state index in [0.29, 0.717) is 10.8 Å². The van der Waals surface area contributed by atoms with Crippen LogP contribution in [0.3, 0.4) is 0 Å². The van der Waals surface area contributed by atoms with Gasteiger partial charge in [0.1, 0.15) is 5.75 Å². The summed E-state index contributed by atoms with van der Waals surface area (Å²) in [4.78, 5) is 21.7. The van der Waals surface area contributed by atoms with Crippen molar-refractivity contribution in [2.45, 2.75) is 0 Å². The standard InChI is InChI=1S/C13H8ClNO4/c14-10-3-7-12(8-4-10)19-13(16)9-1-5-11(6-2-9)15(17)18/h1-8H. The Morgan fingerprint density at radius 3 is 2.16 bits per heavy atom. The molecule has 0 aliphatic heterocycles. The van der Waals surface area contributed by atoms with Crippen molar-refractivity contribution in [3.05, 3.63) is 69.2 Å². The lowest BCUT2D eigenvalue weighted by molar-refractivity contribution is -0.384. The number of rotatable bonds is 3. The Labute approximate surface area is 113 Å². The zero-order valence-corrected chi connectivity index (χ0v) is 10.3. The number of nitro benzene ring substituents is 1. The molecule has 5 nitrogen and oxygen atoms in total. The first kappa shape index (κ1) is 13.0. The van der Waals surface area contributed by atoms with Crippen LogP contribution < -0.4 is 4.74 Å². The highest BCUT2D eigenvalue weighted by Gasteiger charge is 2.11. The topological polar surface area (TPSA) is 69.4 Å². The molecule has 2 rings (SSSR count). The van der Waals surface area contributed by atoms with Gasteiger partial charge in [0.25, 0.3) is 5.69 Å². The van der Waals surface area contributed by atoms with E-state index in [0.717, 1.165) is 0 Å². The third kappa shape index (κ3) is 3.29. The van der Waals surface area contributed by atoms with Crippen molar-refractivity contribution in [1.82, 2.24) is 0 Å². The average molecular weight is 278 g/mol. The maximum Gasteiger partial charge on any atom is 0.343 e. The van der Waals surface area contributed by atoms with E-state index in [1.54, 1.807) is 24.3 Å². The smallest absolute Gasteiger partial charge is 0.343 e. The van der Waals surface area contributed by atoms with Crippen molar-refractivity contribution < 1.29 is 14.5 Å². The van der Waals surface area contributed by atoms with Gasteiger partial charge >= 0.3 is 5.97 Å². The summed E-state index contributed by atoms with van der Waals surface area (Å²) in [6.07, 6.45) is 0. The van der Waals surface area contributed by atoms with E-state index in [-0.39, 0.29) is 11.3 Å². The summed E-state index contributed by atoms with van der Waals surface area (Å²) in [6.45, 7) is 0. The minimum atomic E-state index is -0.586. The molecule has 0 unspecified atom stereocenters. The predicted octanol–water partition coefficient (Wildman–Crippen LogP) is 3.47. The number of carbonyl (C=O) groups excluding carboxylic acids is 1. The third-order valence-electron chi connectivity index (χ3n) is 2.34. The summed E-state index contributed by atoms with van der Waals surface area (Å²) in [7, 11) is 0. The Bertz CT molecular complexity index is 608. The van der Waals surface area contributed by atoms with Crippen LogP contribution in [-0.4, -0.2) is 10.9 Å². The van der Waals surface area contributed by atoms with Crippen LogP contribution in [0.2, 0.25) is 5.02 Å². The van der Waals surface area contributed by atoms with Crippen LogP contribution in [0, 0.1) is 10.1 Å². The second kappa shape index (κ2) is 5.49.